The van der Waals surface area contributed by atoms with Gasteiger partial charge >= 0.3 is 0 Å². The highest BCUT2D eigenvalue weighted by molar-refractivity contribution is 14.1. The molecule has 72 valence electrons. The van der Waals surface area contributed by atoms with Crippen LogP contribution in [0.5, 0.6) is 0 Å². The summed E-state index contributed by atoms with van der Waals surface area (Å²) in [4.78, 5) is 0. The Labute approximate surface area is 89.6 Å². The Morgan fingerprint density at radius 2 is 1.75 bits per heavy atom. The lowest BCUT2D eigenvalue weighted by Gasteiger charge is -2.21. The molecule has 2 atom stereocenters. The molecule has 1 saturated carbocycles. The molecular formula is C10H20IN. The second kappa shape index (κ2) is 4.80. The summed E-state index contributed by atoms with van der Waals surface area (Å²) >= 11 is 2.62. The van der Waals surface area contributed by atoms with Gasteiger partial charge in [-0.2, -0.15) is 0 Å². The average molecular weight is 281 g/mol. The molecule has 0 saturated heterocycles. The first-order chi connectivity index (χ1) is 5.60. The Balaban J connectivity index is 2.37. The Bertz CT molecular complexity index is 134. The highest BCUT2D eigenvalue weighted by atomic mass is 127. The number of halogens is 1. The first-order valence-corrected chi connectivity index (χ1v) is 6.12. The second-order valence-corrected chi connectivity index (χ2v) is 6.92. The summed E-state index contributed by atoms with van der Waals surface area (Å²) in [6.45, 7) is 2.38. The molecule has 1 fully saturated rings. The molecule has 2 N–H and O–H groups in total. The lowest BCUT2D eigenvalue weighted by Crippen LogP contribution is -2.19. The van der Waals surface area contributed by atoms with Crippen molar-refractivity contribution >= 4 is 22.6 Å². The van der Waals surface area contributed by atoms with Gasteiger partial charge in [0.25, 0.3) is 0 Å². The van der Waals surface area contributed by atoms with Crippen LogP contribution >= 0.6 is 22.6 Å². The number of hydrogen-bond donors (Lipinski definition) is 1. The zero-order valence-electron chi connectivity index (χ0n) is 7.98. The summed E-state index contributed by atoms with van der Waals surface area (Å²) in [5.41, 5.74) is 5.96. The predicted molar refractivity (Wildman–Crippen MR) is 62.7 cm³/mol. The van der Waals surface area contributed by atoms with Crippen LogP contribution in [0.15, 0.2) is 0 Å². The van der Waals surface area contributed by atoms with E-state index in [0.717, 1.165) is 0 Å². The lowest BCUT2D eigenvalue weighted by molar-refractivity contribution is 0.522. The number of rotatable bonds is 0. The third kappa shape index (κ3) is 4.08. The van der Waals surface area contributed by atoms with E-state index in [1.165, 1.54) is 44.9 Å². The molecule has 0 aromatic heterocycles. The zero-order chi connectivity index (χ0) is 9.03. The van der Waals surface area contributed by atoms with Gasteiger partial charge in [-0.1, -0.05) is 48.8 Å². The van der Waals surface area contributed by atoms with Crippen molar-refractivity contribution in [1.82, 2.24) is 0 Å². The van der Waals surface area contributed by atoms with Crippen molar-refractivity contribution in [3.8, 4) is 0 Å². The van der Waals surface area contributed by atoms with Crippen LogP contribution < -0.4 is 5.73 Å². The molecule has 1 nitrogen and oxygen atoms in total. The molecule has 1 rings (SSSR count). The van der Waals surface area contributed by atoms with Crippen LogP contribution in [-0.4, -0.2) is 9.46 Å². The maximum atomic E-state index is 5.96. The minimum atomic E-state index is 0.482. The van der Waals surface area contributed by atoms with E-state index in [4.69, 9.17) is 5.73 Å². The van der Waals surface area contributed by atoms with Crippen LogP contribution in [0.2, 0.25) is 0 Å². The molecule has 0 bridgehead atoms. The fourth-order valence-corrected chi connectivity index (χ4v) is 2.67. The van der Waals surface area contributed by atoms with Crippen LogP contribution in [0, 0.1) is 0 Å². The van der Waals surface area contributed by atoms with Crippen LogP contribution in [-0.2, 0) is 0 Å². The van der Waals surface area contributed by atoms with Crippen molar-refractivity contribution in [2.45, 2.75) is 61.3 Å². The van der Waals surface area contributed by atoms with E-state index in [2.05, 4.69) is 29.5 Å². The van der Waals surface area contributed by atoms with Crippen LogP contribution in [0.3, 0.4) is 0 Å². The van der Waals surface area contributed by atoms with Gasteiger partial charge in [0.05, 0.1) is 0 Å². The van der Waals surface area contributed by atoms with Crippen LogP contribution in [0.4, 0.5) is 0 Å². The minimum Gasteiger partial charge on any atom is -0.328 e. The highest BCUT2D eigenvalue weighted by Crippen LogP contribution is 2.32. The van der Waals surface area contributed by atoms with E-state index in [1.54, 1.807) is 0 Å². The highest BCUT2D eigenvalue weighted by Gasteiger charge is 2.21. The molecule has 12 heavy (non-hydrogen) atoms. The van der Waals surface area contributed by atoms with E-state index in [0.29, 0.717) is 9.46 Å². The molecule has 2 heteroatoms. The van der Waals surface area contributed by atoms with Gasteiger partial charge in [-0.3, -0.25) is 0 Å². The van der Waals surface area contributed by atoms with Crippen molar-refractivity contribution in [3.05, 3.63) is 0 Å². The standard InChI is InChI=1S/C10H20IN/c1-10(11)7-3-2-5-9(12)6-4-8-10/h9H,2-8,12H2,1H3. The summed E-state index contributed by atoms with van der Waals surface area (Å²) in [5.74, 6) is 0. The largest absolute Gasteiger partial charge is 0.328 e. The third-order valence-corrected chi connectivity index (χ3v) is 3.87. The fourth-order valence-electron chi connectivity index (χ4n) is 1.90. The van der Waals surface area contributed by atoms with Crippen molar-refractivity contribution in [3.63, 3.8) is 0 Å². The van der Waals surface area contributed by atoms with Crippen molar-refractivity contribution in [2.75, 3.05) is 0 Å². The summed E-state index contributed by atoms with van der Waals surface area (Å²) in [7, 11) is 0. The topological polar surface area (TPSA) is 26.0 Å². The molecule has 2 unspecified atom stereocenters. The first kappa shape index (κ1) is 10.8. The van der Waals surface area contributed by atoms with Gasteiger partial charge in [0.1, 0.15) is 0 Å². The van der Waals surface area contributed by atoms with Gasteiger partial charge in [-0.15, -0.1) is 0 Å². The number of hydrogen-bond acceptors (Lipinski definition) is 1. The molecule has 0 aromatic rings. The maximum absolute atomic E-state index is 5.96. The molecular weight excluding hydrogens is 261 g/mol. The van der Waals surface area contributed by atoms with E-state index in [-0.39, 0.29) is 0 Å². The lowest BCUT2D eigenvalue weighted by atomic mass is 9.99. The summed E-state index contributed by atoms with van der Waals surface area (Å²) in [6, 6.07) is 0.482. The fraction of sp³-hybridized carbons (Fsp3) is 1.00. The molecule has 0 radical (unpaired) electrons. The van der Waals surface area contributed by atoms with Gasteiger partial charge in [-0.25, -0.2) is 0 Å². The molecule has 1 aliphatic rings. The van der Waals surface area contributed by atoms with Crippen LogP contribution in [0.25, 0.3) is 0 Å². The Hall–Kier alpha value is 0.690. The number of alkyl halides is 1. The SMILES string of the molecule is CC1(I)CCCCC(N)CCC1. The van der Waals surface area contributed by atoms with Gasteiger partial charge in [0.15, 0.2) is 0 Å². The van der Waals surface area contributed by atoms with Crippen molar-refractivity contribution in [1.29, 1.82) is 0 Å². The normalized spacial score (nSPS) is 39.8. The van der Waals surface area contributed by atoms with Crippen molar-refractivity contribution in [2.24, 2.45) is 5.73 Å². The average Bonchev–Trinajstić information content (AvgIpc) is 2.02. The third-order valence-electron chi connectivity index (χ3n) is 2.80. The summed E-state index contributed by atoms with van der Waals surface area (Å²) in [5, 5.41) is 0. The Kier molecular flexibility index (Phi) is 4.30. The summed E-state index contributed by atoms with van der Waals surface area (Å²) < 4.78 is 0.543. The summed E-state index contributed by atoms with van der Waals surface area (Å²) in [6.07, 6.45) is 9.22. The number of nitrogens with two attached hydrogens (primary N) is 1. The maximum Gasteiger partial charge on any atom is 0.0194 e. The van der Waals surface area contributed by atoms with E-state index in [9.17, 15) is 0 Å². The van der Waals surface area contributed by atoms with Crippen LogP contribution in [0.1, 0.15) is 51.9 Å². The molecule has 0 amide bonds. The molecule has 0 heterocycles. The molecule has 0 aromatic carbocycles. The van der Waals surface area contributed by atoms with E-state index in [1.807, 2.05) is 0 Å². The Morgan fingerprint density at radius 3 is 2.50 bits per heavy atom. The van der Waals surface area contributed by atoms with Gasteiger partial charge in [-0.05, 0) is 25.7 Å². The smallest absolute Gasteiger partial charge is 0.0194 e. The molecule has 1 aliphatic carbocycles. The minimum absolute atomic E-state index is 0.482. The van der Waals surface area contributed by atoms with Gasteiger partial charge in [0, 0.05) is 9.46 Å². The van der Waals surface area contributed by atoms with Gasteiger partial charge < -0.3 is 5.73 Å². The van der Waals surface area contributed by atoms with E-state index >= 15 is 0 Å². The second-order valence-electron chi connectivity index (χ2n) is 4.31. The van der Waals surface area contributed by atoms with E-state index < -0.39 is 0 Å². The molecule has 0 spiro atoms. The monoisotopic (exact) mass is 281 g/mol. The first-order valence-electron chi connectivity index (χ1n) is 5.05. The predicted octanol–water partition coefficient (Wildman–Crippen LogP) is 3.25. The quantitative estimate of drug-likeness (QED) is 0.535. The zero-order valence-corrected chi connectivity index (χ0v) is 10.1. The van der Waals surface area contributed by atoms with Gasteiger partial charge in [0.2, 0.25) is 0 Å². The molecule has 0 aliphatic heterocycles. The van der Waals surface area contributed by atoms with Crippen molar-refractivity contribution < 1.29 is 0 Å². The Morgan fingerprint density at radius 1 is 1.17 bits per heavy atom.